The lowest BCUT2D eigenvalue weighted by Gasteiger charge is -2.29. The molecule has 1 fully saturated rings. The molecule has 2 atom stereocenters. The second kappa shape index (κ2) is 8.47. The van der Waals surface area contributed by atoms with Crippen LogP contribution < -0.4 is 5.73 Å². The molecule has 3 rings (SSSR count). The lowest BCUT2D eigenvalue weighted by Crippen LogP contribution is -2.41. The number of likely N-dealkylation sites (tertiary alicyclic amines) is 1. The molecule has 1 saturated heterocycles. The van der Waals surface area contributed by atoms with Crippen LogP contribution in [0.2, 0.25) is 0 Å². The number of hydrogen-bond donors (Lipinski definition) is 1. The van der Waals surface area contributed by atoms with E-state index in [4.69, 9.17) is 5.73 Å². The van der Waals surface area contributed by atoms with Crippen molar-refractivity contribution in [2.75, 3.05) is 13.1 Å². The quantitative estimate of drug-likeness (QED) is 0.838. The van der Waals surface area contributed by atoms with E-state index in [-0.39, 0.29) is 36.2 Å². The molecule has 0 aliphatic carbocycles. The van der Waals surface area contributed by atoms with Gasteiger partial charge in [-0.1, -0.05) is 13.3 Å². The number of fused-ring (bicyclic) bond motifs is 1. The van der Waals surface area contributed by atoms with Crippen LogP contribution in [0.3, 0.4) is 0 Å². The van der Waals surface area contributed by atoms with Crippen LogP contribution in [0.25, 0.3) is 0 Å². The third-order valence-electron chi connectivity index (χ3n) is 5.00. The van der Waals surface area contributed by atoms with Crippen molar-refractivity contribution in [3.63, 3.8) is 0 Å². The normalized spacial score (nSPS) is 21.1. The molecule has 1 aromatic rings. The molecule has 1 aromatic heterocycles. The molecule has 6 nitrogen and oxygen atoms in total. The summed E-state index contributed by atoms with van der Waals surface area (Å²) in [4.78, 5) is 34.7. The maximum Gasteiger partial charge on any atom is 0.228 e. The molecule has 0 saturated carbocycles. The zero-order valence-corrected chi connectivity index (χ0v) is 16.5. The van der Waals surface area contributed by atoms with E-state index < -0.39 is 0 Å². The van der Waals surface area contributed by atoms with Gasteiger partial charge in [0.05, 0.1) is 18.2 Å². The van der Waals surface area contributed by atoms with Gasteiger partial charge in [0.15, 0.2) is 0 Å². The average molecular weight is 387 g/mol. The Balaban J connectivity index is 0.00000225. The Labute approximate surface area is 159 Å². The van der Waals surface area contributed by atoms with Crippen LogP contribution in [0.5, 0.6) is 0 Å². The van der Waals surface area contributed by atoms with E-state index in [1.54, 1.807) is 11.3 Å². The van der Waals surface area contributed by atoms with Crippen molar-refractivity contribution in [3.05, 3.63) is 15.6 Å². The van der Waals surface area contributed by atoms with Crippen molar-refractivity contribution < 1.29 is 9.59 Å². The molecule has 2 unspecified atom stereocenters. The number of carbonyl (C=O) groups is 2. The molecule has 2 aliphatic heterocycles. The predicted octanol–water partition coefficient (Wildman–Crippen LogP) is 1.95. The molecule has 8 heteroatoms. The summed E-state index contributed by atoms with van der Waals surface area (Å²) in [6.45, 7) is 6.48. The summed E-state index contributed by atoms with van der Waals surface area (Å²) in [5.74, 6) is 0.0135. The van der Waals surface area contributed by atoms with Gasteiger partial charge in [-0.3, -0.25) is 9.59 Å². The first-order valence-corrected chi connectivity index (χ1v) is 9.60. The zero-order valence-electron chi connectivity index (χ0n) is 14.9. The van der Waals surface area contributed by atoms with E-state index in [1.807, 2.05) is 9.80 Å². The zero-order chi connectivity index (χ0) is 17.3. The van der Waals surface area contributed by atoms with E-state index >= 15 is 0 Å². The van der Waals surface area contributed by atoms with Gasteiger partial charge in [-0.05, 0) is 13.3 Å². The van der Waals surface area contributed by atoms with E-state index in [0.29, 0.717) is 32.6 Å². The summed E-state index contributed by atoms with van der Waals surface area (Å²) in [5, 5.41) is 0.935. The number of nitrogens with two attached hydrogens (primary N) is 1. The van der Waals surface area contributed by atoms with Crippen LogP contribution in [-0.4, -0.2) is 45.7 Å². The fourth-order valence-electron chi connectivity index (χ4n) is 3.68. The van der Waals surface area contributed by atoms with Crippen LogP contribution in [-0.2, 0) is 29.1 Å². The maximum atomic E-state index is 12.9. The van der Waals surface area contributed by atoms with Crippen LogP contribution in [0.4, 0.5) is 0 Å². The number of thiazole rings is 1. The van der Waals surface area contributed by atoms with Crippen molar-refractivity contribution in [1.82, 2.24) is 14.8 Å². The minimum Gasteiger partial charge on any atom is -0.339 e. The van der Waals surface area contributed by atoms with Gasteiger partial charge in [0.25, 0.3) is 0 Å². The highest BCUT2D eigenvalue weighted by Crippen LogP contribution is 2.28. The SMILES string of the molecule is CCCC(C)N1CC(C(=O)N2CCc3sc(CN)nc3C2)CC1=O.Cl. The van der Waals surface area contributed by atoms with Crippen molar-refractivity contribution >= 4 is 35.6 Å². The molecular formula is C17H27ClN4O2S. The highest BCUT2D eigenvalue weighted by atomic mass is 35.5. The number of amides is 2. The Bertz CT molecular complexity index is 636. The Morgan fingerprint density at radius 3 is 2.92 bits per heavy atom. The molecule has 0 bridgehead atoms. The first kappa shape index (κ1) is 20.1. The third kappa shape index (κ3) is 4.15. The van der Waals surface area contributed by atoms with Gasteiger partial charge in [-0.2, -0.15) is 0 Å². The Morgan fingerprint density at radius 2 is 2.24 bits per heavy atom. The molecule has 2 amide bonds. The van der Waals surface area contributed by atoms with Crippen molar-refractivity contribution in [2.45, 2.75) is 58.7 Å². The lowest BCUT2D eigenvalue weighted by atomic mass is 10.0. The Morgan fingerprint density at radius 1 is 1.48 bits per heavy atom. The van der Waals surface area contributed by atoms with Crippen LogP contribution in [0.15, 0.2) is 0 Å². The molecule has 0 spiro atoms. The summed E-state index contributed by atoms with van der Waals surface area (Å²) in [7, 11) is 0. The minimum atomic E-state index is -0.203. The van der Waals surface area contributed by atoms with Crippen LogP contribution in [0.1, 0.15) is 48.7 Å². The number of hydrogen-bond acceptors (Lipinski definition) is 5. The first-order valence-electron chi connectivity index (χ1n) is 8.79. The van der Waals surface area contributed by atoms with E-state index in [0.717, 1.165) is 30.0 Å². The van der Waals surface area contributed by atoms with Gasteiger partial charge in [-0.25, -0.2) is 4.98 Å². The number of halogens is 1. The molecule has 140 valence electrons. The standard InChI is InChI=1S/C17H26N4O2S.ClH/c1-3-4-11(2)21-9-12(7-16(21)22)17(23)20-6-5-14-13(10-20)19-15(8-18)24-14;/h11-12H,3-10,18H2,1-2H3;1H. The van der Waals surface area contributed by atoms with Crippen molar-refractivity contribution in [1.29, 1.82) is 0 Å². The molecular weight excluding hydrogens is 360 g/mol. The van der Waals surface area contributed by atoms with Crippen LogP contribution >= 0.6 is 23.7 Å². The van der Waals surface area contributed by atoms with E-state index in [2.05, 4.69) is 18.8 Å². The van der Waals surface area contributed by atoms with Gasteiger partial charge in [-0.15, -0.1) is 23.7 Å². The van der Waals surface area contributed by atoms with Gasteiger partial charge in [0, 0.05) is 43.4 Å². The minimum absolute atomic E-state index is 0. The van der Waals surface area contributed by atoms with Gasteiger partial charge in [0.2, 0.25) is 11.8 Å². The smallest absolute Gasteiger partial charge is 0.228 e. The summed E-state index contributed by atoms with van der Waals surface area (Å²) in [6, 6.07) is 0.221. The molecule has 3 heterocycles. The van der Waals surface area contributed by atoms with E-state index in [1.165, 1.54) is 4.88 Å². The second-order valence-electron chi connectivity index (χ2n) is 6.78. The number of nitrogens with zero attached hydrogens (tertiary/aromatic N) is 3. The number of aromatic nitrogens is 1. The first-order chi connectivity index (χ1) is 11.5. The number of carbonyl (C=O) groups excluding carboxylic acids is 2. The monoisotopic (exact) mass is 386 g/mol. The molecule has 2 N–H and O–H groups in total. The fraction of sp³-hybridized carbons (Fsp3) is 0.706. The Hall–Kier alpha value is -1.18. The highest BCUT2D eigenvalue weighted by Gasteiger charge is 2.39. The topological polar surface area (TPSA) is 79.5 Å². The highest BCUT2D eigenvalue weighted by molar-refractivity contribution is 7.11. The van der Waals surface area contributed by atoms with E-state index in [9.17, 15) is 9.59 Å². The average Bonchev–Trinajstić information content (AvgIpc) is 3.16. The molecule has 0 radical (unpaired) electrons. The predicted molar refractivity (Wildman–Crippen MR) is 101 cm³/mol. The van der Waals surface area contributed by atoms with Crippen LogP contribution in [0, 0.1) is 5.92 Å². The lowest BCUT2D eigenvalue weighted by molar-refractivity contribution is -0.136. The molecule has 25 heavy (non-hydrogen) atoms. The molecule has 2 aliphatic rings. The van der Waals surface area contributed by atoms with Crippen molar-refractivity contribution in [3.8, 4) is 0 Å². The number of rotatable bonds is 5. The summed E-state index contributed by atoms with van der Waals surface area (Å²) >= 11 is 1.66. The molecule has 0 aromatic carbocycles. The third-order valence-corrected chi connectivity index (χ3v) is 6.18. The summed E-state index contributed by atoms with van der Waals surface area (Å²) < 4.78 is 0. The summed E-state index contributed by atoms with van der Waals surface area (Å²) in [5.41, 5.74) is 6.65. The fourth-order valence-corrected chi connectivity index (χ4v) is 4.63. The van der Waals surface area contributed by atoms with Gasteiger partial charge in [0.1, 0.15) is 5.01 Å². The second-order valence-corrected chi connectivity index (χ2v) is 7.94. The van der Waals surface area contributed by atoms with Crippen molar-refractivity contribution in [2.24, 2.45) is 11.7 Å². The van der Waals surface area contributed by atoms with Gasteiger partial charge < -0.3 is 15.5 Å². The Kier molecular flexibility index (Phi) is 6.82. The summed E-state index contributed by atoms with van der Waals surface area (Å²) in [6.07, 6.45) is 3.23. The van der Waals surface area contributed by atoms with Gasteiger partial charge >= 0.3 is 0 Å². The maximum absolute atomic E-state index is 12.9. The largest absolute Gasteiger partial charge is 0.339 e.